The van der Waals surface area contributed by atoms with E-state index in [2.05, 4.69) is 4.72 Å². The predicted octanol–water partition coefficient (Wildman–Crippen LogP) is 3.09. The standard InChI is InChI=1S/C24H23FN2O5S/c25-19-8-12-21(13-9-19)33(30,31)26-20-10-6-18(7-11-20)24(29)22-15-32-16-23(28)27(22)14-17-4-2-1-3-5-17/h1-13,22,24,26,29H,14-16H2. The van der Waals surface area contributed by atoms with Crippen LogP contribution < -0.4 is 4.72 Å². The molecule has 0 saturated carbocycles. The van der Waals surface area contributed by atoms with Gasteiger partial charge in [0.2, 0.25) is 5.91 Å². The van der Waals surface area contributed by atoms with Crippen LogP contribution in [-0.2, 0) is 26.1 Å². The van der Waals surface area contributed by atoms with Gasteiger partial charge in [0.15, 0.2) is 0 Å². The highest BCUT2D eigenvalue weighted by molar-refractivity contribution is 7.92. The molecule has 1 amide bonds. The number of anilines is 1. The van der Waals surface area contributed by atoms with Crippen LogP contribution in [0.25, 0.3) is 0 Å². The second kappa shape index (κ2) is 9.70. The number of ether oxygens (including phenoxy) is 1. The molecule has 1 aliphatic heterocycles. The summed E-state index contributed by atoms with van der Waals surface area (Å²) >= 11 is 0. The van der Waals surface area contributed by atoms with E-state index in [-0.39, 0.29) is 29.7 Å². The zero-order chi connectivity index (χ0) is 23.4. The minimum absolute atomic E-state index is 0.0415. The van der Waals surface area contributed by atoms with E-state index in [1.165, 1.54) is 24.3 Å². The largest absolute Gasteiger partial charge is 0.386 e. The van der Waals surface area contributed by atoms with Crippen LogP contribution in [-0.4, -0.2) is 43.6 Å². The fourth-order valence-corrected chi connectivity index (χ4v) is 4.73. The Bertz CT molecular complexity index is 1200. The van der Waals surface area contributed by atoms with E-state index in [9.17, 15) is 22.7 Å². The lowest BCUT2D eigenvalue weighted by Gasteiger charge is -2.38. The minimum Gasteiger partial charge on any atom is -0.386 e. The van der Waals surface area contributed by atoms with E-state index < -0.39 is 28.0 Å². The van der Waals surface area contributed by atoms with Gasteiger partial charge in [-0.3, -0.25) is 9.52 Å². The van der Waals surface area contributed by atoms with Crippen LogP contribution in [0.15, 0.2) is 83.8 Å². The van der Waals surface area contributed by atoms with Crippen LogP contribution in [0.4, 0.5) is 10.1 Å². The first-order chi connectivity index (χ1) is 15.8. The van der Waals surface area contributed by atoms with E-state index in [1.807, 2.05) is 30.3 Å². The molecule has 9 heteroatoms. The number of nitrogens with one attached hydrogen (secondary N) is 1. The lowest BCUT2D eigenvalue weighted by molar-refractivity contribution is -0.155. The van der Waals surface area contributed by atoms with Crippen LogP contribution in [0, 0.1) is 5.82 Å². The maximum Gasteiger partial charge on any atom is 0.261 e. The fourth-order valence-electron chi connectivity index (χ4n) is 3.67. The van der Waals surface area contributed by atoms with Crippen LogP contribution >= 0.6 is 0 Å². The third kappa shape index (κ3) is 5.39. The molecule has 3 aromatic rings. The van der Waals surface area contributed by atoms with Crippen LogP contribution in [0.2, 0.25) is 0 Å². The molecule has 0 aromatic heterocycles. The van der Waals surface area contributed by atoms with Gasteiger partial charge in [-0.1, -0.05) is 42.5 Å². The highest BCUT2D eigenvalue weighted by Gasteiger charge is 2.34. The summed E-state index contributed by atoms with van der Waals surface area (Å²) in [4.78, 5) is 14.0. The number of carbonyl (C=O) groups is 1. The maximum absolute atomic E-state index is 13.1. The first-order valence-corrected chi connectivity index (χ1v) is 11.8. The average Bonchev–Trinajstić information content (AvgIpc) is 2.81. The maximum atomic E-state index is 13.1. The molecule has 0 bridgehead atoms. The van der Waals surface area contributed by atoms with Crippen molar-refractivity contribution < 1.29 is 27.4 Å². The van der Waals surface area contributed by atoms with Gasteiger partial charge in [-0.05, 0) is 47.5 Å². The molecule has 1 fully saturated rings. The summed E-state index contributed by atoms with van der Waals surface area (Å²) in [5.41, 5.74) is 1.74. The number of carbonyl (C=O) groups excluding carboxylic acids is 1. The zero-order valence-electron chi connectivity index (χ0n) is 17.6. The summed E-state index contributed by atoms with van der Waals surface area (Å²) in [5, 5.41) is 11.0. The summed E-state index contributed by atoms with van der Waals surface area (Å²) in [6, 6.07) is 19.6. The lowest BCUT2D eigenvalue weighted by Crippen LogP contribution is -2.51. The summed E-state index contributed by atoms with van der Waals surface area (Å²) in [6.07, 6.45) is -1.03. The van der Waals surface area contributed by atoms with Crippen LogP contribution in [0.5, 0.6) is 0 Å². The van der Waals surface area contributed by atoms with Crippen molar-refractivity contribution in [1.82, 2.24) is 4.90 Å². The third-order valence-corrected chi connectivity index (χ3v) is 6.82. The zero-order valence-corrected chi connectivity index (χ0v) is 18.4. The van der Waals surface area contributed by atoms with Crippen molar-refractivity contribution in [2.75, 3.05) is 17.9 Å². The number of rotatable bonds is 7. The minimum atomic E-state index is -3.89. The molecule has 1 saturated heterocycles. The van der Waals surface area contributed by atoms with Crippen molar-refractivity contribution in [2.24, 2.45) is 0 Å². The highest BCUT2D eigenvalue weighted by atomic mass is 32.2. The Morgan fingerprint density at radius 2 is 1.70 bits per heavy atom. The molecule has 2 N–H and O–H groups in total. The Kier molecular flexibility index (Phi) is 6.73. The molecule has 0 aliphatic carbocycles. The molecule has 3 aromatic carbocycles. The predicted molar refractivity (Wildman–Crippen MR) is 120 cm³/mol. The molecular weight excluding hydrogens is 447 g/mol. The van der Waals surface area contributed by atoms with Crippen molar-refractivity contribution in [3.05, 3.63) is 95.8 Å². The first-order valence-electron chi connectivity index (χ1n) is 10.3. The molecule has 4 rings (SSSR count). The van der Waals surface area contributed by atoms with Crippen molar-refractivity contribution >= 4 is 21.6 Å². The van der Waals surface area contributed by atoms with Gasteiger partial charge in [0.1, 0.15) is 18.5 Å². The quantitative estimate of drug-likeness (QED) is 0.553. The van der Waals surface area contributed by atoms with E-state index in [0.29, 0.717) is 12.1 Å². The van der Waals surface area contributed by atoms with Crippen molar-refractivity contribution in [1.29, 1.82) is 0 Å². The summed E-state index contributed by atoms with van der Waals surface area (Å²) < 4.78 is 45.9. The molecule has 1 aliphatic rings. The first kappa shape index (κ1) is 22.9. The fraction of sp³-hybridized carbons (Fsp3) is 0.208. The highest BCUT2D eigenvalue weighted by Crippen LogP contribution is 2.27. The number of amides is 1. The van der Waals surface area contributed by atoms with Gasteiger partial charge >= 0.3 is 0 Å². The van der Waals surface area contributed by atoms with Crippen molar-refractivity contribution in [3.8, 4) is 0 Å². The number of hydrogen-bond donors (Lipinski definition) is 2. The van der Waals surface area contributed by atoms with Gasteiger partial charge in [-0.25, -0.2) is 12.8 Å². The van der Waals surface area contributed by atoms with E-state index in [1.54, 1.807) is 17.0 Å². The summed E-state index contributed by atoms with van der Waals surface area (Å²) in [6.45, 7) is 0.485. The molecule has 1 heterocycles. The molecule has 2 unspecified atom stereocenters. The third-order valence-electron chi connectivity index (χ3n) is 5.42. The van der Waals surface area contributed by atoms with E-state index in [0.717, 1.165) is 17.7 Å². The topological polar surface area (TPSA) is 95.9 Å². The second-order valence-electron chi connectivity index (χ2n) is 7.72. The van der Waals surface area contributed by atoms with Crippen LogP contribution in [0.1, 0.15) is 17.2 Å². The number of aliphatic hydroxyl groups is 1. The van der Waals surface area contributed by atoms with Gasteiger partial charge in [0.25, 0.3) is 10.0 Å². The number of hydrogen-bond acceptors (Lipinski definition) is 5. The Labute approximate surface area is 191 Å². The summed E-state index contributed by atoms with van der Waals surface area (Å²) in [7, 11) is -3.89. The van der Waals surface area contributed by atoms with Crippen molar-refractivity contribution in [3.63, 3.8) is 0 Å². The SMILES string of the molecule is O=C1COCC(C(O)c2ccc(NS(=O)(=O)c3ccc(F)cc3)cc2)N1Cc1ccccc1. The molecule has 33 heavy (non-hydrogen) atoms. The molecular formula is C24H23FN2O5S. The number of sulfonamides is 1. The van der Waals surface area contributed by atoms with Gasteiger partial charge in [0.05, 0.1) is 17.5 Å². The number of morpholine rings is 1. The normalized spacial score (nSPS) is 17.6. The monoisotopic (exact) mass is 470 g/mol. The Morgan fingerprint density at radius 3 is 2.36 bits per heavy atom. The van der Waals surface area contributed by atoms with Gasteiger partial charge in [0, 0.05) is 12.2 Å². The molecule has 0 spiro atoms. The Morgan fingerprint density at radius 1 is 1.03 bits per heavy atom. The number of aliphatic hydroxyl groups excluding tert-OH is 1. The van der Waals surface area contributed by atoms with E-state index in [4.69, 9.17) is 4.74 Å². The lowest BCUT2D eigenvalue weighted by atomic mass is 9.99. The molecule has 2 atom stereocenters. The number of benzene rings is 3. The smallest absolute Gasteiger partial charge is 0.261 e. The number of nitrogens with zero attached hydrogens (tertiary/aromatic N) is 1. The Balaban J connectivity index is 1.49. The molecule has 7 nitrogen and oxygen atoms in total. The van der Waals surface area contributed by atoms with Gasteiger partial charge in [-0.2, -0.15) is 0 Å². The molecule has 172 valence electrons. The second-order valence-corrected chi connectivity index (χ2v) is 9.40. The van der Waals surface area contributed by atoms with Gasteiger partial charge in [-0.15, -0.1) is 0 Å². The molecule has 0 radical (unpaired) electrons. The average molecular weight is 471 g/mol. The van der Waals surface area contributed by atoms with Crippen LogP contribution in [0.3, 0.4) is 0 Å². The summed E-state index contributed by atoms with van der Waals surface area (Å²) in [5.74, 6) is -0.739. The Hall–Kier alpha value is -3.27. The van der Waals surface area contributed by atoms with Gasteiger partial charge < -0.3 is 14.7 Å². The van der Waals surface area contributed by atoms with Crippen molar-refractivity contribution in [2.45, 2.75) is 23.6 Å². The number of halogens is 1. The van der Waals surface area contributed by atoms with E-state index >= 15 is 0 Å².